The van der Waals surface area contributed by atoms with Gasteiger partial charge in [0.15, 0.2) is 0 Å². The standard InChI is InChI=1S/C9H16O3/c1-4-5-6-8(10)7(2)9(11)12-3/h8,10H,2,4-6H2,1,3H3. The second-order valence-corrected chi connectivity index (χ2v) is 2.67. The van der Waals surface area contributed by atoms with Crippen molar-refractivity contribution >= 4 is 5.97 Å². The van der Waals surface area contributed by atoms with E-state index in [1.807, 2.05) is 6.92 Å². The molecular formula is C9H16O3. The summed E-state index contributed by atoms with van der Waals surface area (Å²) in [5.41, 5.74) is 0.144. The molecule has 70 valence electrons. The number of carbonyl (C=O) groups excluding carboxylic acids is 1. The van der Waals surface area contributed by atoms with Crippen molar-refractivity contribution in [3.05, 3.63) is 12.2 Å². The zero-order chi connectivity index (χ0) is 9.56. The summed E-state index contributed by atoms with van der Waals surface area (Å²) in [6.45, 7) is 5.48. The molecule has 1 unspecified atom stereocenters. The highest BCUT2D eigenvalue weighted by atomic mass is 16.5. The molecule has 0 heterocycles. The molecule has 0 aromatic rings. The average molecular weight is 172 g/mol. The molecule has 12 heavy (non-hydrogen) atoms. The van der Waals surface area contributed by atoms with Crippen LogP contribution >= 0.6 is 0 Å². The minimum atomic E-state index is -0.752. The van der Waals surface area contributed by atoms with Gasteiger partial charge in [-0.15, -0.1) is 0 Å². The van der Waals surface area contributed by atoms with Gasteiger partial charge in [-0.25, -0.2) is 4.79 Å². The Morgan fingerprint density at radius 3 is 2.67 bits per heavy atom. The van der Waals surface area contributed by atoms with E-state index in [1.165, 1.54) is 7.11 Å². The summed E-state index contributed by atoms with van der Waals surface area (Å²) in [6.07, 6.45) is 1.70. The number of methoxy groups -OCH3 is 1. The maximum Gasteiger partial charge on any atom is 0.335 e. The molecule has 0 saturated carbocycles. The van der Waals surface area contributed by atoms with E-state index in [0.29, 0.717) is 6.42 Å². The van der Waals surface area contributed by atoms with Crippen molar-refractivity contribution in [1.29, 1.82) is 0 Å². The normalized spacial score (nSPS) is 12.2. The first kappa shape index (κ1) is 11.2. The van der Waals surface area contributed by atoms with Crippen LogP contribution in [-0.2, 0) is 9.53 Å². The maximum atomic E-state index is 10.8. The summed E-state index contributed by atoms with van der Waals surface area (Å²) in [7, 11) is 1.28. The van der Waals surface area contributed by atoms with Gasteiger partial charge in [0.1, 0.15) is 0 Å². The van der Waals surface area contributed by atoms with Crippen LogP contribution in [0.5, 0.6) is 0 Å². The van der Waals surface area contributed by atoms with Gasteiger partial charge in [-0.05, 0) is 6.42 Å². The van der Waals surface area contributed by atoms with Crippen molar-refractivity contribution < 1.29 is 14.6 Å². The molecule has 0 aromatic heterocycles. The molecule has 0 aliphatic heterocycles. The molecule has 0 rings (SSSR count). The number of hydrogen-bond acceptors (Lipinski definition) is 3. The van der Waals surface area contributed by atoms with Crippen LogP contribution < -0.4 is 0 Å². The van der Waals surface area contributed by atoms with Crippen molar-refractivity contribution in [3.63, 3.8) is 0 Å². The second-order valence-electron chi connectivity index (χ2n) is 2.67. The lowest BCUT2D eigenvalue weighted by molar-refractivity contribution is -0.137. The summed E-state index contributed by atoms with van der Waals surface area (Å²) in [6, 6.07) is 0. The lowest BCUT2D eigenvalue weighted by Crippen LogP contribution is -2.18. The third-order valence-electron chi connectivity index (χ3n) is 1.68. The first-order valence-electron chi connectivity index (χ1n) is 4.08. The number of hydrogen-bond donors (Lipinski definition) is 1. The zero-order valence-electron chi connectivity index (χ0n) is 7.67. The van der Waals surface area contributed by atoms with E-state index < -0.39 is 12.1 Å². The average Bonchev–Trinajstić information content (AvgIpc) is 2.11. The Labute approximate surface area is 73.0 Å². The van der Waals surface area contributed by atoms with Crippen LogP contribution in [0, 0.1) is 0 Å². The van der Waals surface area contributed by atoms with Gasteiger partial charge in [-0.2, -0.15) is 0 Å². The van der Waals surface area contributed by atoms with Crippen LogP contribution in [0.2, 0.25) is 0 Å². The van der Waals surface area contributed by atoms with Crippen LogP contribution in [0.25, 0.3) is 0 Å². The predicted octanol–water partition coefficient (Wildman–Crippen LogP) is 1.27. The fourth-order valence-corrected chi connectivity index (χ4v) is 0.839. The predicted molar refractivity (Wildman–Crippen MR) is 46.7 cm³/mol. The first-order chi connectivity index (χ1) is 5.63. The monoisotopic (exact) mass is 172 g/mol. The first-order valence-corrected chi connectivity index (χ1v) is 4.08. The third-order valence-corrected chi connectivity index (χ3v) is 1.68. The van der Waals surface area contributed by atoms with Gasteiger partial charge >= 0.3 is 5.97 Å². The van der Waals surface area contributed by atoms with Crippen LogP contribution in [0.4, 0.5) is 0 Å². The molecule has 0 spiro atoms. The highest BCUT2D eigenvalue weighted by Gasteiger charge is 2.15. The van der Waals surface area contributed by atoms with Gasteiger partial charge in [-0.1, -0.05) is 26.3 Å². The Morgan fingerprint density at radius 1 is 1.67 bits per heavy atom. The van der Waals surface area contributed by atoms with Gasteiger partial charge in [0.25, 0.3) is 0 Å². The third kappa shape index (κ3) is 3.53. The molecule has 0 amide bonds. The summed E-state index contributed by atoms with van der Waals surface area (Å²) < 4.78 is 4.41. The van der Waals surface area contributed by atoms with Crippen molar-refractivity contribution in [3.8, 4) is 0 Å². The summed E-state index contributed by atoms with van der Waals surface area (Å²) >= 11 is 0. The van der Waals surface area contributed by atoms with Crippen LogP contribution in [0.15, 0.2) is 12.2 Å². The Bertz CT molecular complexity index is 163. The van der Waals surface area contributed by atoms with E-state index in [2.05, 4.69) is 11.3 Å². The van der Waals surface area contributed by atoms with Gasteiger partial charge in [0.2, 0.25) is 0 Å². The molecule has 0 aliphatic carbocycles. The minimum Gasteiger partial charge on any atom is -0.466 e. The summed E-state index contributed by atoms with van der Waals surface area (Å²) in [5.74, 6) is -0.529. The van der Waals surface area contributed by atoms with Gasteiger partial charge in [0, 0.05) is 0 Å². The SMILES string of the molecule is C=C(C(=O)OC)C(O)CCCC. The molecule has 0 saturated heterocycles. The number of carbonyl (C=O) groups is 1. The van der Waals surface area contributed by atoms with E-state index in [0.717, 1.165) is 12.8 Å². The number of ether oxygens (including phenoxy) is 1. The summed E-state index contributed by atoms with van der Waals surface area (Å²) in [5, 5.41) is 9.35. The molecule has 1 N–H and O–H groups in total. The zero-order valence-corrected chi connectivity index (χ0v) is 7.67. The molecule has 3 heteroatoms. The Balaban J connectivity index is 3.84. The quantitative estimate of drug-likeness (QED) is 0.501. The number of aliphatic hydroxyl groups excluding tert-OH is 1. The van der Waals surface area contributed by atoms with E-state index in [-0.39, 0.29) is 5.57 Å². The van der Waals surface area contributed by atoms with E-state index in [1.54, 1.807) is 0 Å². The lowest BCUT2D eigenvalue weighted by Gasteiger charge is -2.10. The topological polar surface area (TPSA) is 46.5 Å². The Morgan fingerprint density at radius 2 is 2.25 bits per heavy atom. The number of unbranched alkanes of at least 4 members (excludes halogenated alkanes) is 1. The van der Waals surface area contributed by atoms with Gasteiger partial charge in [0.05, 0.1) is 18.8 Å². The molecular weight excluding hydrogens is 156 g/mol. The Kier molecular flexibility index (Phi) is 5.37. The highest BCUT2D eigenvalue weighted by Crippen LogP contribution is 2.09. The second kappa shape index (κ2) is 5.77. The number of rotatable bonds is 5. The van der Waals surface area contributed by atoms with E-state index in [9.17, 15) is 9.90 Å². The Hall–Kier alpha value is -0.830. The largest absolute Gasteiger partial charge is 0.466 e. The van der Waals surface area contributed by atoms with Crippen LogP contribution in [0.1, 0.15) is 26.2 Å². The molecule has 0 fully saturated rings. The van der Waals surface area contributed by atoms with Crippen LogP contribution in [0.3, 0.4) is 0 Å². The van der Waals surface area contributed by atoms with Crippen molar-refractivity contribution in [1.82, 2.24) is 0 Å². The van der Waals surface area contributed by atoms with Gasteiger partial charge in [-0.3, -0.25) is 0 Å². The molecule has 0 bridgehead atoms. The fourth-order valence-electron chi connectivity index (χ4n) is 0.839. The van der Waals surface area contributed by atoms with Crippen LogP contribution in [-0.4, -0.2) is 24.3 Å². The van der Waals surface area contributed by atoms with Crippen molar-refractivity contribution in [2.45, 2.75) is 32.3 Å². The van der Waals surface area contributed by atoms with E-state index >= 15 is 0 Å². The van der Waals surface area contributed by atoms with Crippen molar-refractivity contribution in [2.75, 3.05) is 7.11 Å². The van der Waals surface area contributed by atoms with Crippen molar-refractivity contribution in [2.24, 2.45) is 0 Å². The minimum absolute atomic E-state index is 0.144. The molecule has 0 radical (unpaired) electrons. The molecule has 0 aliphatic rings. The molecule has 3 nitrogen and oxygen atoms in total. The lowest BCUT2D eigenvalue weighted by atomic mass is 10.1. The fraction of sp³-hybridized carbons (Fsp3) is 0.667. The summed E-state index contributed by atoms with van der Waals surface area (Å²) in [4.78, 5) is 10.8. The molecule has 1 atom stereocenters. The number of esters is 1. The molecule has 0 aromatic carbocycles. The number of aliphatic hydroxyl groups is 1. The highest BCUT2D eigenvalue weighted by molar-refractivity contribution is 5.88. The van der Waals surface area contributed by atoms with Gasteiger partial charge < -0.3 is 9.84 Å². The maximum absolute atomic E-state index is 10.8. The smallest absolute Gasteiger partial charge is 0.335 e. The van der Waals surface area contributed by atoms with E-state index in [4.69, 9.17) is 0 Å².